The summed E-state index contributed by atoms with van der Waals surface area (Å²) in [5.74, 6) is -0.403. The van der Waals surface area contributed by atoms with Crippen LogP contribution in [-0.4, -0.2) is 74.1 Å². The lowest BCUT2D eigenvalue weighted by Gasteiger charge is -2.29. The molecule has 0 aliphatic carbocycles. The van der Waals surface area contributed by atoms with Gasteiger partial charge in [-0.1, -0.05) is 44.2 Å². The number of rotatable bonds is 10. The first-order valence-electron chi connectivity index (χ1n) is 11.3. The van der Waals surface area contributed by atoms with Crippen molar-refractivity contribution in [1.82, 2.24) is 9.80 Å². The lowest BCUT2D eigenvalue weighted by Crippen LogP contribution is -2.38. The molecule has 1 heterocycles. The second-order valence-electron chi connectivity index (χ2n) is 7.84. The number of likely N-dealkylation sites (N-methyl/N-ethyl adjacent to an activating group) is 1. The zero-order chi connectivity index (χ0) is 24.8. The summed E-state index contributed by atoms with van der Waals surface area (Å²) in [5, 5.41) is 11.2. The van der Waals surface area contributed by atoms with E-state index in [9.17, 15) is 14.7 Å². The van der Waals surface area contributed by atoms with Gasteiger partial charge in [-0.05, 0) is 30.8 Å². The van der Waals surface area contributed by atoms with E-state index in [-0.39, 0.29) is 11.3 Å². The number of hydrogen-bond donors (Lipinski definition) is 1. The normalized spacial score (nSPS) is 17.4. The molecule has 1 N–H and O–H groups in total. The summed E-state index contributed by atoms with van der Waals surface area (Å²) in [6.07, 6.45) is 0. The number of methoxy groups -OCH3 is 3. The summed E-state index contributed by atoms with van der Waals surface area (Å²) in [7, 11) is 4.51. The number of carbonyl (C=O) groups is 2. The van der Waals surface area contributed by atoms with Crippen molar-refractivity contribution in [1.29, 1.82) is 0 Å². The average molecular weight is 469 g/mol. The summed E-state index contributed by atoms with van der Waals surface area (Å²) in [4.78, 5) is 30.1. The maximum atomic E-state index is 13.2. The van der Waals surface area contributed by atoms with E-state index in [4.69, 9.17) is 14.2 Å². The number of likely N-dealkylation sites (tertiary alicyclic amines) is 1. The first-order valence-corrected chi connectivity index (χ1v) is 11.3. The standard InChI is InChI=1S/C26H32N2O6/c1-6-27(7-2)13-14-28-22(18-15-19(32-3)25(34-5)20(16-18)33-4)21(24(30)26(28)31)23(29)17-11-9-8-10-12-17/h8-12,15-16,22,29H,6-7,13-14H2,1-5H3/t22-/m0/s1. The predicted octanol–water partition coefficient (Wildman–Crippen LogP) is 3.48. The fourth-order valence-corrected chi connectivity index (χ4v) is 4.26. The molecule has 0 aromatic heterocycles. The van der Waals surface area contributed by atoms with Gasteiger partial charge in [0.1, 0.15) is 5.76 Å². The predicted molar refractivity (Wildman–Crippen MR) is 129 cm³/mol. The summed E-state index contributed by atoms with van der Waals surface area (Å²) < 4.78 is 16.4. The molecule has 8 nitrogen and oxygen atoms in total. The molecule has 2 aromatic rings. The maximum Gasteiger partial charge on any atom is 0.295 e. The number of carbonyl (C=O) groups excluding carboxylic acids is 2. The Morgan fingerprint density at radius 1 is 0.971 bits per heavy atom. The molecule has 1 saturated heterocycles. The van der Waals surface area contributed by atoms with Crippen molar-refractivity contribution in [2.45, 2.75) is 19.9 Å². The van der Waals surface area contributed by atoms with Gasteiger partial charge < -0.3 is 29.1 Å². The number of aliphatic hydroxyl groups excluding tert-OH is 1. The van der Waals surface area contributed by atoms with Gasteiger partial charge in [0.2, 0.25) is 5.75 Å². The van der Waals surface area contributed by atoms with Crippen LogP contribution in [0.1, 0.15) is 31.0 Å². The summed E-state index contributed by atoms with van der Waals surface area (Å²) in [5.41, 5.74) is 1.07. The Bertz CT molecular complexity index is 1040. The van der Waals surface area contributed by atoms with E-state index in [1.54, 1.807) is 36.4 Å². The van der Waals surface area contributed by atoms with Gasteiger partial charge in [0.25, 0.3) is 11.7 Å². The molecule has 0 unspecified atom stereocenters. The number of ether oxygens (including phenoxy) is 3. The molecule has 1 atom stereocenters. The highest BCUT2D eigenvalue weighted by Crippen LogP contribution is 2.45. The van der Waals surface area contributed by atoms with Crippen molar-refractivity contribution in [2.24, 2.45) is 0 Å². The summed E-state index contributed by atoms with van der Waals surface area (Å²) >= 11 is 0. The third-order valence-corrected chi connectivity index (χ3v) is 6.14. The number of nitrogens with zero attached hydrogens (tertiary/aromatic N) is 2. The zero-order valence-corrected chi connectivity index (χ0v) is 20.3. The molecule has 2 aromatic carbocycles. The van der Waals surface area contributed by atoms with Crippen LogP contribution in [0.15, 0.2) is 48.0 Å². The number of Topliss-reactive ketones (excluding diaryl/α,β-unsaturated/α-hetero) is 1. The monoisotopic (exact) mass is 468 g/mol. The largest absolute Gasteiger partial charge is 0.507 e. The molecule has 3 rings (SSSR count). The van der Waals surface area contributed by atoms with Crippen LogP contribution in [-0.2, 0) is 9.59 Å². The van der Waals surface area contributed by atoms with Gasteiger partial charge in [-0.3, -0.25) is 9.59 Å². The number of amides is 1. The molecule has 0 saturated carbocycles. The van der Waals surface area contributed by atoms with Gasteiger partial charge in [-0.2, -0.15) is 0 Å². The summed E-state index contributed by atoms with van der Waals surface area (Å²) in [6, 6.07) is 11.3. The highest BCUT2D eigenvalue weighted by molar-refractivity contribution is 6.46. The molecule has 0 radical (unpaired) electrons. The summed E-state index contributed by atoms with van der Waals surface area (Å²) in [6.45, 7) is 6.64. The van der Waals surface area contributed by atoms with Crippen molar-refractivity contribution in [3.63, 3.8) is 0 Å². The molecule has 1 fully saturated rings. The molecule has 8 heteroatoms. The minimum absolute atomic E-state index is 0.0324. The van der Waals surface area contributed by atoms with Crippen molar-refractivity contribution < 1.29 is 28.9 Å². The number of aliphatic hydroxyl groups is 1. The van der Waals surface area contributed by atoms with Crippen LogP contribution in [0.5, 0.6) is 17.2 Å². The first kappa shape index (κ1) is 25.1. The third-order valence-electron chi connectivity index (χ3n) is 6.14. The van der Waals surface area contributed by atoms with E-state index in [1.807, 2.05) is 19.9 Å². The smallest absolute Gasteiger partial charge is 0.295 e. The minimum Gasteiger partial charge on any atom is -0.507 e. The van der Waals surface area contributed by atoms with E-state index < -0.39 is 17.7 Å². The Morgan fingerprint density at radius 3 is 2.06 bits per heavy atom. The Labute approximate surface area is 200 Å². The minimum atomic E-state index is -0.815. The number of hydrogen-bond acceptors (Lipinski definition) is 7. The topological polar surface area (TPSA) is 88.5 Å². The van der Waals surface area contributed by atoms with Crippen LogP contribution in [0.3, 0.4) is 0 Å². The van der Waals surface area contributed by atoms with Gasteiger partial charge in [0.15, 0.2) is 11.5 Å². The van der Waals surface area contributed by atoms with E-state index in [0.717, 1.165) is 13.1 Å². The van der Waals surface area contributed by atoms with Crippen LogP contribution in [0.4, 0.5) is 0 Å². The number of benzene rings is 2. The highest BCUT2D eigenvalue weighted by Gasteiger charge is 2.46. The van der Waals surface area contributed by atoms with E-state index in [2.05, 4.69) is 4.90 Å². The van der Waals surface area contributed by atoms with Crippen LogP contribution in [0, 0.1) is 0 Å². The Hall–Kier alpha value is -3.52. The molecule has 1 amide bonds. The number of ketones is 1. The van der Waals surface area contributed by atoms with Crippen LogP contribution in [0.25, 0.3) is 5.76 Å². The molecule has 1 aliphatic rings. The average Bonchev–Trinajstić information content (AvgIpc) is 3.13. The fraction of sp³-hybridized carbons (Fsp3) is 0.385. The first-order chi connectivity index (χ1) is 16.4. The fourth-order valence-electron chi connectivity index (χ4n) is 4.26. The molecular weight excluding hydrogens is 436 g/mol. The Morgan fingerprint density at radius 2 is 1.56 bits per heavy atom. The quantitative estimate of drug-likeness (QED) is 0.324. The van der Waals surface area contributed by atoms with E-state index in [1.165, 1.54) is 26.2 Å². The zero-order valence-electron chi connectivity index (χ0n) is 20.3. The SMILES string of the molecule is CCN(CC)CCN1C(=O)C(=O)C(=C(O)c2ccccc2)[C@@H]1c1cc(OC)c(OC)c(OC)c1. The van der Waals surface area contributed by atoms with E-state index in [0.29, 0.717) is 41.5 Å². The van der Waals surface area contributed by atoms with Crippen LogP contribution < -0.4 is 14.2 Å². The third kappa shape index (κ3) is 4.72. The van der Waals surface area contributed by atoms with Gasteiger partial charge in [-0.25, -0.2) is 0 Å². The van der Waals surface area contributed by atoms with Gasteiger partial charge >= 0.3 is 0 Å². The van der Waals surface area contributed by atoms with Gasteiger partial charge in [0.05, 0.1) is 32.9 Å². The van der Waals surface area contributed by atoms with Gasteiger partial charge in [0, 0.05) is 18.7 Å². The molecular formula is C26H32N2O6. The lowest BCUT2D eigenvalue weighted by molar-refractivity contribution is -0.140. The highest BCUT2D eigenvalue weighted by atomic mass is 16.5. The molecule has 0 spiro atoms. The molecule has 34 heavy (non-hydrogen) atoms. The van der Waals surface area contributed by atoms with Gasteiger partial charge in [-0.15, -0.1) is 0 Å². The van der Waals surface area contributed by atoms with Crippen LogP contribution in [0.2, 0.25) is 0 Å². The maximum absolute atomic E-state index is 13.2. The van der Waals surface area contributed by atoms with Crippen molar-refractivity contribution in [2.75, 3.05) is 47.5 Å². The van der Waals surface area contributed by atoms with Crippen molar-refractivity contribution >= 4 is 17.4 Å². The second kappa shape index (κ2) is 11.1. The van der Waals surface area contributed by atoms with Crippen molar-refractivity contribution in [3.8, 4) is 17.2 Å². The lowest BCUT2D eigenvalue weighted by atomic mass is 9.94. The van der Waals surface area contributed by atoms with Crippen LogP contribution >= 0.6 is 0 Å². The Kier molecular flexibility index (Phi) is 8.17. The Balaban J connectivity index is 2.21. The second-order valence-corrected chi connectivity index (χ2v) is 7.84. The van der Waals surface area contributed by atoms with E-state index >= 15 is 0 Å². The molecule has 182 valence electrons. The molecule has 0 bridgehead atoms. The van der Waals surface area contributed by atoms with Crippen molar-refractivity contribution in [3.05, 3.63) is 59.2 Å². The molecule has 1 aliphatic heterocycles.